The molecule has 0 radical (unpaired) electrons. The molecule has 3 rings (SSSR count). The molecule has 3 unspecified atom stereocenters. The second-order valence-corrected chi connectivity index (χ2v) is 6.61. The van der Waals surface area contributed by atoms with E-state index in [9.17, 15) is 9.59 Å². The quantitative estimate of drug-likeness (QED) is 0.829. The normalized spacial score (nSPS) is 35.2. The van der Waals surface area contributed by atoms with Gasteiger partial charge in [-0.3, -0.25) is 4.79 Å². The molecule has 2 aliphatic carbocycles. The summed E-state index contributed by atoms with van der Waals surface area (Å²) in [6, 6.07) is 0. The van der Waals surface area contributed by atoms with E-state index in [4.69, 9.17) is 9.84 Å². The van der Waals surface area contributed by atoms with Crippen molar-refractivity contribution >= 4 is 11.9 Å². The number of nitrogens with zero attached hydrogens (tertiary/aromatic N) is 1. The van der Waals surface area contributed by atoms with Crippen molar-refractivity contribution in [3.8, 4) is 0 Å². The zero-order chi connectivity index (χ0) is 13.6. The van der Waals surface area contributed by atoms with Gasteiger partial charge in [-0.25, -0.2) is 4.79 Å². The summed E-state index contributed by atoms with van der Waals surface area (Å²) in [7, 11) is 0. The lowest BCUT2D eigenvalue weighted by atomic mass is 9.85. The van der Waals surface area contributed by atoms with E-state index in [0.717, 1.165) is 12.3 Å². The minimum absolute atomic E-state index is 0.225. The van der Waals surface area contributed by atoms with Crippen LogP contribution in [0.25, 0.3) is 0 Å². The van der Waals surface area contributed by atoms with Gasteiger partial charge in [0.25, 0.3) is 0 Å². The van der Waals surface area contributed by atoms with Crippen LogP contribution < -0.4 is 0 Å². The molecule has 1 heterocycles. The van der Waals surface area contributed by atoms with E-state index in [1.807, 2.05) is 11.8 Å². The Bertz CT molecular complexity index is 402. The second-order valence-electron chi connectivity index (χ2n) is 6.61. The van der Waals surface area contributed by atoms with E-state index in [-0.39, 0.29) is 18.4 Å². The van der Waals surface area contributed by atoms with Crippen LogP contribution in [0.5, 0.6) is 0 Å². The summed E-state index contributed by atoms with van der Waals surface area (Å²) in [5.41, 5.74) is -0.467. The van der Waals surface area contributed by atoms with Gasteiger partial charge in [0.05, 0.1) is 13.1 Å². The van der Waals surface area contributed by atoms with Crippen molar-refractivity contribution in [3.63, 3.8) is 0 Å². The minimum Gasteiger partial charge on any atom is -0.480 e. The molecule has 5 heteroatoms. The number of ether oxygens (including phenoxy) is 1. The van der Waals surface area contributed by atoms with Gasteiger partial charge < -0.3 is 14.7 Å². The van der Waals surface area contributed by atoms with Crippen LogP contribution in [0, 0.1) is 17.8 Å². The monoisotopic (exact) mass is 267 g/mol. The maximum atomic E-state index is 12.4. The zero-order valence-electron chi connectivity index (χ0n) is 11.3. The van der Waals surface area contributed by atoms with Crippen molar-refractivity contribution in [1.82, 2.24) is 4.90 Å². The Labute approximate surface area is 112 Å². The molecule has 0 aromatic heterocycles. The van der Waals surface area contributed by atoms with Crippen LogP contribution in [0.3, 0.4) is 0 Å². The summed E-state index contributed by atoms with van der Waals surface area (Å²) in [4.78, 5) is 24.7. The Morgan fingerprint density at radius 1 is 1.32 bits per heavy atom. The number of hydrogen-bond donors (Lipinski definition) is 1. The molecule has 2 bridgehead atoms. The van der Waals surface area contributed by atoms with Crippen LogP contribution in [0.4, 0.5) is 0 Å². The molecule has 1 aliphatic heterocycles. The first kappa shape index (κ1) is 12.9. The number of rotatable bonds is 4. The molecule has 5 nitrogen and oxygen atoms in total. The molecule has 1 amide bonds. The Hall–Kier alpha value is -1.10. The van der Waals surface area contributed by atoms with Crippen molar-refractivity contribution < 1.29 is 19.4 Å². The molecule has 0 aromatic carbocycles. The van der Waals surface area contributed by atoms with Crippen molar-refractivity contribution in [2.75, 3.05) is 19.7 Å². The van der Waals surface area contributed by atoms with Gasteiger partial charge in [0.15, 0.2) is 0 Å². The molecule has 106 valence electrons. The van der Waals surface area contributed by atoms with Crippen LogP contribution in [-0.4, -0.2) is 47.2 Å². The molecule has 0 aromatic rings. The fraction of sp³-hybridized carbons (Fsp3) is 0.857. The predicted octanol–water partition coefficient (Wildman–Crippen LogP) is 1.12. The summed E-state index contributed by atoms with van der Waals surface area (Å²) in [6.45, 7) is 2.66. The molecule has 0 spiro atoms. The van der Waals surface area contributed by atoms with Crippen molar-refractivity contribution in [2.24, 2.45) is 17.8 Å². The van der Waals surface area contributed by atoms with Gasteiger partial charge in [-0.2, -0.15) is 0 Å². The lowest BCUT2D eigenvalue weighted by Gasteiger charge is -2.48. The fourth-order valence-corrected chi connectivity index (χ4v) is 4.03. The number of hydrogen-bond acceptors (Lipinski definition) is 3. The molecule has 1 saturated heterocycles. The van der Waals surface area contributed by atoms with Crippen molar-refractivity contribution in [3.05, 3.63) is 0 Å². The standard InChI is InChI=1S/C14H21NO4/c1-14(19-6-12(16)17)7-15(8-14)13(18)11-5-9-2-3-10(11)4-9/h9-11H,2-8H2,1H3,(H,16,17). The maximum Gasteiger partial charge on any atom is 0.329 e. The third-order valence-corrected chi connectivity index (χ3v) is 4.96. The van der Waals surface area contributed by atoms with Crippen molar-refractivity contribution in [2.45, 2.75) is 38.2 Å². The SMILES string of the molecule is CC1(OCC(=O)O)CN(C(=O)C2CC3CCC2C3)C1. The molecule has 3 atom stereocenters. The lowest BCUT2D eigenvalue weighted by molar-refractivity contribution is -0.176. The smallest absolute Gasteiger partial charge is 0.329 e. The number of carboxylic acids is 1. The number of likely N-dealkylation sites (tertiary alicyclic amines) is 1. The number of carboxylic acid groups (broad SMARTS) is 1. The van der Waals surface area contributed by atoms with Gasteiger partial charge in [-0.15, -0.1) is 0 Å². The molecule has 19 heavy (non-hydrogen) atoms. The van der Waals surface area contributed by atoms with Gasteiger partial charge in [0.2, 0.25) is 5.91 Å². The predicted molar refractivity (Wildman–Crippen MR) is 67.5 cm³/mol. The van der Waals surface area contributed by atoms with E-state index < -0.39 is 11.6 Å². The molecule has 3 fully saturated rings. The Balaban J connectivity index is 1.50. The van der Waals surface area contributed by atoms with Gasteiger partial charge in [-0.1, -0.05) is 6.42 Å². The summed E-state index contributed by atoms with van der Waals surface area (Å²) >= 11 is 0. The van der Waals surface area contributed by atoms with E-state index in [2.05, 4.69) is 0 Å². The van der Waals surface area contributed by atoms with Crippen LogP contribution >= 0.6 is 0 Å². The van der Waals surface area contributed by atoms with Gasteiger partial charge >= 0.3 is 5.97 Å². The number of amides is 1. The van der Waals surface area contributed by atoms with Crippen LogP contribution in [0.1, 0.15) is 32.6 Å². The lowest BCUT2D eigenvalue weighted by Crippen LogP contribution is -2.64. The molecular formula is C14H21NO4. The first-order chi connectivity index (χ1) is 8.97. The zero-order valence-corrected chi connectivity index (χ0v) is 11.3. The van der Waals surface area contributed by atoms with Gasteiger partial charge in [-0.05, 0) is 38.0 Å². The third-order valence-electron chi connectivity index (χ3n) is 4.96. The van der Waals surface area contributed by atoms with E-state index >= 15 is 0 Å². The fourth-order valence-electron chi connectivity index (χ4n) is 4.03. The Kier molecular flexibility index (Phi) is 3.04. The average Bonchev–Trinajstić information content (AvgIpc) is 2.94. The van der Waals surface area contributed by atoms with Gasteiger partial charge in [0, 0.05) is 5.92 Å². The molecule has 3 aliphatic rings. The summed E-state index contributed by atoms with van der Waals surface area (Å²) < 4.78 is 5.34. The number of aliphatic carboxylic acids is 1. The highest BCUT2D eigenvalue weighted by Gasteiger charge is 2.49. The first-order valence-corrected chi connectivity index (χ1v) is 7.11. The summed E-state index contributed by atoms with van der Waals surface area (Å²) in [5, 5.41) is 8.61. The topological polar surface area (TPSA) is 66.8 Å². The van der Waals surface area contributed by atoms with Crippen LogP contribution in [-0.2, 0) is 14.3 Å². The highest BCUT2D eigenvalue weighted by molar-refractivity contribution is 5.81. The van der Waals surface area contributed by atoms with E-state index in [0.29, 0.717) is 19.0 Å². The molecule has 1 N–H and O–H groups in total. The largest absolute Gasteiger partial charge is 0.480 e. The highest BCUT2D eigenvalue weighted by Crippen LogP contribution is 2.49. The van der Waals surface area contributed by atoms with Crippen LogP contribution in [0.2, 0.25) is 0 Å². The minimum atomic E-state index is -0.959. The number of fused-ring (bicyclic) bond motifs is 2. The van der Waals surface area contributed by atoms with Crippen molar-refractivity contribution in [1.29, 1.82) is 0 Å². The van der Waals surface area contributed by atoms with Crippen LogP contribution in [0.15, 0.2) is 0 Å². The highest BCUT2D eigenvalue weighted by atomic mass is 16.5. The summed E-state index contributed by atoms with van der Waals surface area (Å²) in [5.74, 6) is 0.907. The molecular weight excluding hydrogens is 246 g/mol. The number of carbonyl (C=O) groups is 2. The first-order valence-electron chi connectivity index (χ1n) is 7.11. The summed E-state index contributed by atoms with van der Waals surface area (Å²) in [6.07, 6.45) is 4.80. The van der Waals surface area contributed by atoms with E-state index in [1.165, 1.54) is 19.3 Å². The number of carbonyl (C=O) groups excluding carboxylic acids is 1. The Morgan fingerprint density at radius 2 is 2.05 bits per heavy atom. The van der Waals surface area contributed by atoms with E-state index in [1.54, 1.807) is 0 Å². The maximum absolute atomic E-state index is 12.4. The average molecular weight is 267 g/mol. The van der Waals surface area contributed by atoms with Gasteiger partial charge in [0.1, 0.15) is 12.2 Å². The third kappa shape index (κ3) is 2.36. The molecule has 2 saturated carbocycles. The Morgan fingerprint density at radius 3 is 2.58 bits per heavy atom. The second kappa shape index (κ2) is 4.47.